The van der Waals surface area contributed by atoms with Crippen molar-refractivity contribution < 1.29 is 28.6 Å². The monoisotopic (exact) mass is 432 g/mol. The second-order valence-electron chi connectivity index (χ2n) is 7.56. The van der Waals surface area contributed by atoms with E-state index in [2.05, 4.69) is 11.9 Å². The van der Waals surface area contributed by atoms with Gasteiger partial charge in [-0.25, -0.2) is 9.86 Å². The number of rotatable bonds is 12. The van der Waals surface area contributed by atoms with Crippen LogP contribution in [0, 0.1) is 0 Å². The minimum absolute atomic E-state index is 0.127. The van der Waals surface area contributed by atoms with Crippen molar-refractivity contribution in [1.82, 2.24) is 10.4 Å². The minimum Gasteiger partial charge on any atom is -0.445 e. The fourth-order valence-corrected chi connectivity index (χ4v) is 3.12. The zero-order valence-electron chi connectivity index (χ0n) is 18.4. The van der Waals surface area contributed by atoms with Gasteiger partial charge in [0.25, 0.3) is 0 Å². The number of benzene rings is 1. The SMILES string of the molecule is C=CCOC(=O)NC(C[C@@H]1COC(C)(C)O1)c1ccc(CN(C=O)OCC=CC)cc1. The Morgan fingerprint density at radius 3 is 2.68 bits per heavy atom. The average molecular weight is 433 g/mol. The van der Waals surface area contributed by atoms with Crippen molar-refractivity contribution >= 4 is 12.5 Å². The number of amides is 2. The van der Waals surface area contributed by atoms with E-state index in [4.69, 9.17) is 19.0 Å². The summed E-state index contributed by atoms with van der Waals surface area (Å²) in [6.07, 6.45) is 5.66. The molecule has 1 aromatic carbocycles. The van der Waals surface area contributed by atoms with Gasteiger partial charge in [-0.2, -0.15) is 0 Å². The Labute approximate surface area is 183 Å². The fraction of sp³-hybridized carbons (Fsp3) is 0.478. The molecule has 1 unspecified atom stereocenters. The number of carbonyl (C=O) groups excluding carboxylic acids is 2. The first-order valence-corrected chi connectivity index (χ1v) is 10.3. The van der Waals surface area contributed by atoms with Crippen LogP contribution in [-0.2, 0) is 30.4 Å². The molecule has 1 aliphatic rings. The van der Waals surface area contributed by atoms with Crippen molar-refractivity contribution in [2.24, 2.45) is 0 Å². The number of allylic oxidation sites excluding steroid dienone is 1. The Kier molecular flexibility index (Phi) is 9.71. The van der Waals surface area contributed by atoms with Crippen LogP contribution in [0.1, 0.15) is 44.4 Å². The molecule has 8 heteroatoms. The molecule has 8 nitrogen and oxygen atoms in total. The van der Waals surface area contributed by atoms with Gasteiger partial charge >= 0.3 is 6.09 Å². The van der Waals surface area contributed by atoms with Gasteiger partial charge in [0.15, 0.2) is 5.79 Å². The van der Waals surface area contributed by atoms with E-state index in [9.17, 15) is 9.59 Å². The number of nitrogens with one attached hydrogen (secondary N) is 1. The molecule has 31 heavy (non-hydrogen) atoms. The molecule has 170 valence electrons. The summed E-state index contributed by atoms with van der Waals surface area (Å²) >= 11 is 0. The summed E-state index contributed by atoms with van der Waals surface area (Å²) in [4.78, 5) is 28.7. The number of alkyl carbamates (subject to hydrolysis) is 1. The highest BCUT2D eigenvalue weighted by Crippen LogP contribution is 2.29. The Bertz CT molecular complexity index is 747. The Morgan fingerprint density at radius 1 is 1.35 bits per heavy atom. The molecule has 2 amide bonds. The first-order chi connectivity index (χ1) is 14.9. The molecule has 0 aliphatic carbocycles. The molecule has 1 saturated heterocycles. The van der Waals surface area contributed by atoms with Gasteiger partial charge in [0.1, 0.15) is 6.61 Å². The van der Waals surface area contributed by atoms with Crippen molar-refractivity contribution in [2.45, 2.75) is 51.7 Å². The maximum absolute atomic E-state index is 12.1. The highest BCUT2D eigenvalue weighted by Gasteiger charge is 2.34. The van der Waals surface area contributed by atoms with Crippen molar-refractivity contribution in [2.75, 3.05) is 19.8 Å². The first kappa shape index (κ1) is 24.6. The maximum atomic E-state index is 12.1. The van der Waals surface area contributed by atoms with Gasteiger partial charge in [-0.05, 0) is 31.9 Å². The third kappa shape index (κ3) is 8.53. The van der Waals surface area contributed by atoms with Crippen LogP contribution in [-0.4, -0.2) is 49.3 Å². The molecule has 0 spiro atoms. The van der Waals surface area contributed by atoms with Gasteiger partial charge < -0.3 is 19.5 Å². The van der Waals surface area contributed by atoms with E-state index in [1.165, 1.54) is 11.1 Å². The molecule has 1 N–H and O–H groups in total. The van der Waals surface area contributed by atoms with Crippen LogP contribution in [0.2, 0.25) is 0 Å². The van der Waals surface area contributed by atoms with Gasteiger partial charge in [0, 0.05) is 6.42 Å². The van der Waals surface area contributed by atoms with E-state index in [1.54, 1.807) is 0 Å². The van der Waals surface area contributed by atoms with Crippen molar-refractivity contribution in [3.8, 4) is 0 Å². The predicted molar refractivity (Wildman–Crippen MR) is 116 cm³/mol. The number of nitrogens with zero attached hydrogens (tertiary/aromatic N) is 1. The Morgan fingerprint density at radius 2 is 2.10 bits per heavy atom. The number of ether oxygens (including phenoxy) is 3. The molecule has 1 aromatic rings. The lowest BCUT2D eigenvalue weighted by atomic mass is 9.99. The quantitative estimate of drug-likeness (QED) is 0.308. The summed E-state index contributed by atoms with van der Waals surface area (Å²) in [5.41, 5.74) is 1.78. The van der Waals surface area contributed by atoms with Crippen molar-refractivity contribution in [1.29, 1.82) is 0 Å². The summed E-state index contributed by atoms with van der Waals surface area (Å²) in [6.45, 7) is 10.4. The number of hydroxylamine groups is 2. The molecule has 0 radical (unpaired) electrons. The van der Waals surface area contributed by atoms with Crippen LogP contribution in [0.4, 0.5) is 4.79 Å². The molecule has 2 atom stereocenters. The molecule has 0 saturated carbocycles. The largest absolute Gasteiger partial charge is 0.445 e. The summed E-state index contributed by atoms with van der Waals surface area (Å²) in [5, 5.41) is 4.12. The lowest BCUT2D eigenvalue weighted by molar-refractivity contribution is -0.170. The summed E-state index contributed by atoms with van der Waals surface area (Å²) in [6, 6.07) is 7.27. The molecule has 1 aliphatic heterocycles. The number of carbonyl (C=O) groups is 2. The third-order valence-corrected chi connectivity index (χ3v) is 4.60. The molecule has 1 fully saturated rings. The molecular weight excluding hydrogens is 400 g/mol. The fourth-order valence-electron chi connectivity index (χ4n) is 3.12. The smallest absolute Gasteiger partial charge is 0.407 e. The van der Waals surface area contributed by atoms with E-state index in [0.29, 0.717) is 32.6 Å². The second-order valence-corrected chi connectivity index (χ2v) is 7.56. The van der Waals surface area contributed by atoms with Gasteiger partial charge in [-0.1, -0.05) is 49.1 Å². The summed E-state index contributed by atoms with van der Waals surface area (Å²) < 4.78 is 16.6. The lowest BCUT2D eigenvalue weighted by Crippen LogP contribution is -2.33. The summed E-state index contributed by atoms with van der Waals surface area (Å²) in [5.74, 6) is -0.645. The van der Waals surface area contributed by atoms with E-state index in [1.807, 2.05) is 57.2 Å². The van der Waals surface area contributed by atoms with E-state index in [-0.39, 0.29) is 18.8 Å². The number of hydrogen-bond donors (Lipinski definition) is 1. The zero-order valence-corrected chi connectivity index (χ0v) is 18.4. The van der Waals surface area contributed by atoms with Crippen LogP contribution in [0.25, 0.3) is 0 Å². The molecular formula is C23H32N2O6. The molecule has 2 rings (SSSR count). The topological polar surface area (TPSA) is 86.3 Å². The Balaban J connectivity index is 2.06. The summed E-state index contributed by atoms with van der Waals surface area (Å²) in [7, 11) is 0. The van der Waals surface area contributed by atoms with Crippen LogP contribution in [0.15, 0.2) is 49.1 Å². The van der Waals surface area contributed by atoms with Crippen molar-refractivity contribution in [3.05, 3.63) is 60.2 Å². The standard InChI is InChI=1S/C23H32N2O6/c1-5-7-13-30-25(17-26)15-18-8-10-19(11-9-18)21(24-22(27)28-12-6-2)14-20-16-29-23(3,4)31-20/h5-11,17,20-21H,2,12-16H2,1,3-4H3,(H,24,27)/t20-,21?/m1/s1. The third-order valence-electron chi connectivity index (χ3n) is 4.60. The maximum Gasteiger partial charge on any atom is 0.407 e. The molecule has 1 heterocycles. The van der Waals surface area contributed by atoms with Gasteiger partial charge in [-0.3, -0.25) is 9.63 Å². The van der Waals surface area contributed by atoms with E-state index in [0.717, 1.165) is 11.1 Å². The first-order valence-electron chi connectivity index (χ1n) is 10.3. The lowest BCUT2D eigenvalue weighted by Gasteiger charge is -2.23. The predicted octanol–water partition coefficient (Wildman–Crippen LogP) is 3.65. The van der Waals surface area contributed by atoms with Crippen molar-refractivity contribution in [3.63, 3.8) is 0 Å². The van der Waals surface area contributed by atoms with Gasteiger partial charge in [-0.15, -0.1) is 0 Å². The number of hydrogen-bond acceptors (Lipinski definition) is 6. The highest BCUT2D eigenvalue weighted by molar-refractivity contribution is 5.68. The molecule has 0 bridgehead atoms. The highest BCUT2D eigenvalue weighted by atomic mass is 16.7. The second kappa shape index (κ2) is 12.2. The zero-order chi connectivity index (χ0) is 22.7. The van der Waals surface area contributed by atoms with E-state index >= 15 is 0 Å². The van der Waals surface area contributed by atoms with Gasteiger partial charge in [0.05, 0.1) is 31.9 Å². The molecule has 0 aromatic heterocycles. The van der Waals surface area contributed by atoms with Crippen LogP contribution in [0.3, 0.4) is 0 Å². The minimum atomic E-state index is -0.645. The average Bonchev–Trinajstić information content (AvgIpc) is 3.09. The van der Waals surface area contributed by atoms with Crippen LogP contribution in [0.5, 0.6) is 0 Å². The van der Waals surface area contributed by atoms with E-state index < -0.39 is 11.9 Å². The van der Waals surface area contributed by atoms with Gasteiger partial charge in [0.2, 0.25) is 6.41 Å². The van der Waals surface area contributed by atoms with Crippen LogP contribution >= 0.6 is 0 Å². The normalized spacial score (nSPS) is 18.5. The van der Waals surface area contributed by atoms with Crippen LogP contribution < -0.4 is 5.32 Å². The Hall–Kier alpha value is -2.68.